The van der Waals surface area contributed by atoms with E-state index in [4.69, 9.17) is 9.84 Å². The van der Waals surface area contributed by atoms with Crippen LogP contribution in [0, 0.1) is 0 Å². The van der Waals surface area contributed by atoms with E-state index in [1.807, 2.05) is 0 Å². The quantitative estimate of drug-likeness (QED) is 0.807. The van der Waals surface area contributed by atoms with Crippen molar-refractivity contribution in [1.29, 1.82) is 0 Å². The number of carbonyl (C=O) groups is 1. The van der Waals surface area contributed by atoms with Gasteiger partial charge in [0.2, 0.25) is 10.0 Å². The van der Waals surface area contributed by atoms with Crippen molar-refractivity contribution in [3.05, 3.63) is 23.8 Å². The van der Waals surface area contributed by atoms with Crippen LogP contribution in [0.2, 0.25) is 0 Å². The van der Waals surface area contributed by atoms with Crippen LogP contribution in [0.15, 0.2) is 23.1 Å². The second-order valence-corrected chi connectivity index (χ2v) is 5.68. The van der Waals surface area contributed by atoms with Crippen molar-refractivity contribution >= 4 is 16.0 Å². The number of carboxylic acid groups (broad SMARTS) is 1. The molecule has 0 aromatic heterocycles. The molecule has 2 N–H and O–H groups in total. The summed E-state index contributed by atoms with van der Waals surface area (Å²) in [5.41, 5.74) is 0.858. The van der Waals surface area contributed by atoms with Gasteiger partial charge in [-0.15, -0.1) is 0 Å². The molecule has 0 unspecified atom stereocenters. The first-order valence-corrected chi connectivity index (χ1v) is 6.94. The number of hydrogen-bond acceptors (Lipinski definition) is 4. The number of fused-ring (bicyclic) bond motifs is 1. The highest BCUT2D eigenvalue weighted by Crippen LogP contribution is 2.27. The lowest BCUT2D eigenvalue weighted by Gasteiger charge is -2.07. The molecule has 0 aliphatic carbocycles. The van der Waals surface area contributed by atoms with Crippen molar-refractivity contribution in [1.82, 2.24) is 4.72 Å². The van der Waals surface area contributed by atoms with E-state index in [0.29, 0.717) is 18.8 Å². The summed E-state index contributed by atoms with van der Waals surface area (Å²) in [5, 5.41) is 8.46. The summed E-state index contributed by atoms with van der Waals surface area (Å²) >= 11 is 0. The predicted octanol–water partition coefficient (Wildman–Crippen LogP) is 0.375. The van der Waals surface area contributed by atoms with Gasteiger partial charge in [0.25, 0.3) is 0 Å². The molecule has 98 valence electrons. The molecule has 18 heavy (non-hydrogen) atoms. The Morgan fingerprint density at radius 1 is 1.44 bits per heavy atom. The van der Waals surface area contributed by atoms with Gasteiger partial charge < -0.3 is 9.84 Å². The molecule has 0 saturated carbocycles. The number of carboxylic acids is 1. The van der Waals surface area contributed by atoms with Gasteiger partial charge in [0.05, 0.1) is 17.9 Å². The summed E-state index contributed by atoms with van der Waals surface area (Å²) in [5.74, 6) is -0.334. The zero-order valence-electron chi connectivity index (χ0n) is 9.55. The Hall–Kier alpha value is -1.60. The topological polar surface area (TPSA) is 92.7 Å². The second-order valence-electron chi connectivity index (χ2n) is 3.91. The fraction of sp³-hybridized carbons (Fsp3) is 0.364. The summed E-state index contributed by atoms with van der Waals surface area (Å²) in [6.07, 6.45) is 0.446. The molecule has 2 rings (SSSR count). The Morgan fingerprint density at radius 2 is 2.22 bits per heavy atom. The number of sulfonamides is 1. The van der Waals surface area contributed by atoms with Gasteiger partial charge in [0.1, 0.15) is 5.75 Å². The van der Waals surface area contributed by atoms with E-state index in [-0.39, 0.29) is 17.9 Å². The van der Waals surface area contributed by atoms with Crippen molar-refractivity contribution in [2.24, 2.45) is 0 Å². The van der Waals surface area contributed by atoms with Crippen LogP contribution >= 0.6 is 0 Å². The second kappa shape index (κ2) is 4.95. The third-order valence-electron chi connectivity index (χ3n) is 2.60. The molecule has 0 spiro atoms. The van der Waals surface area contributed by atoms with Crippen LogP contribution in [0.3, 0.4) is 0 Å². The van der Waals surface area contributed by atoms with Crippen molar-refractivity contribution in [3.8, 4) is 5.75 Å². The summed E-state index contributed by atoms with van der Waals surface area (Å²) < 4.78 is 31.3. The molecule has 0 radical (unpaired) electrons. The lowest BCUT2D eigenvalue weighted by atomic mass is 10.2. The standard InChI is InChI=1S/C11H13NO5S/c13-11(14)3-5-12-18(15,16)9-1-2-10-8(7-9)4-6-17-10/h1-2,7,12H,3-6H2,(H,13,14). The molecule has 1 aliphatic heterocycles. The van der Waals surface area contributed by atoms with Crippen LogP contribution in [0.5, 0.6) is 5.75 Å². The van der Waals surface area contributed by atoms with Gasteiger partial charge in [-0.25, -0.2) is 13.1 Å². The zero-order valence-corrected chi connectivity index (χ0v) is 10.4. The third-order valence-corrected chi connectivity index (χ3v) is 4.06. The Morgan fingerprint density at radius 3 is 2.94 bits per heavy atom. The van der Waals surface area contributed by atoms with E-state index in [2.05, 4.69) is 4.72 Å². The normalized spacial score (nSPS) is 14.0. The van der Waals surface area contributed by atoms with Gasteiger partial charge in [-0.1, -0.05) is 0 Å². The third kappa shape index (κ3) is 2.80. The van der Waals surface area contributed by atoms with Gasteiger partial charge in [-0.3, -0.25) is 4.79 Å². The fourth-order valence-electron chi connectivity index (χ4n) is 1.71. The molecule has 0 amide bonds. The highest BCUT2D eigenvalue weighted by molar-refractivity contribution is 7.89. The van der Waals surface area contributed by atoms with Crippen LogP contribution in [0.1, 0.15) is 12.0 Å². The minimum Gasteiger partial charge on any atom is -0.493 e. The summed E-state index contributed by atoms with van der Waals surface area (Å²) in [7, 11) is -3.65. The molecule has 1 aromatic rings. The van der Waals surface area contributed by atoms with Crippen molar-refractivity contribution < 1.29 is 23.1 Å². The first-order chi connectivity index (χ1) is 8.49. The highest BCUT2D eigenvalue weighted by Gasteiger charge is 2.19. The van der Waals surface area contributed by atoms with Crippen molar-refractivity contribution in [2.45, 2.75) is 17.7 Å². The van der Waals surface area contributed by atoms with Gasteiger partial charge in [-0.05, 0) is 23.8 Å². The summed E-state index contributed by atoms with van der Waals surface area (Å²) in [6, 6.07) is 4.63. The monoisotopic (exact) mass is 271 g/mol. The minimum atomic E-state index is -3.65. The lowest BCUT2D eigenvalue weighted by molar-refractivity contribution is -0.136. The number of nitrogens with one attached hydrogen (secondary N) is 1. The number of aliphatic carboxylic acids is 1. The molecule has 6 nitrogen and oxygen atoms in total. The van der Waals surface area contributed by atoms with Crippen LogP contribution in [0.25, 0.3) is 0 Å². The maximum atomic E-state index is 11.9. The van der Waals surface area contributed by atoms with Crippen LogP contribution in [-0.4, -0.2) is 32.6 Å². The highest BCUT2D eigenvalue weighted by atomic mass is 32.2. The molecule has 7 heteroatoms. The lowest BCUT2D eigenvalue weighted by Crippen LogP contribution is -2.26. The van der Waals surface area contributed by atoms with E-state index in [9.17, 15) is 13.2 Å². The molecular formula is C11H13NO5S. The van der Waals surface area contributed by atoms with E-state index >= 15 is 0 Å². The van der Waals surface area contributed by atoms with Crippen LogP contribution in [-0.2, 0) is 21.2 Å². The molecular weight excluding hydrogens is 258 g/mol. The maximum Gasteiger partial charge on any atom is 0.304 e. The van der Waals surface area contributed by atoms with Crippen molar-refractivity contribution in [2.75, 3.05) is 13.2 Å². The van der Waals surface area contributed by atoms with Gasteiger partial charge >= 0.3 is 5.97 Å². The number of hydrogen-bond donors (Lipinski definition) is 2. The Kier molecular flexibility index (Phi) is 3.53. The molecule has 0 atom stereocenters. The predicted molar refractivity (Wildman–Crippen MR) is 63.1 cm³/mol. The number of benzene rings is 1. The molecule has 1 aromatic carbocycles. The SMILES string of the molecule is O=C(O)CCNS(=O)(=O)c1ccc2c(c1)CCO2. The van der Waals surface area contributed by atoms with Crippen LogP contribution in [0.4, 0.5) is 0 Å². The largest absolute Gasteiger partial charge is 0.493 e. The Balaban J connectivity index is 2.12. The smallest absolute Gasteiger partial charge is 0.304 e. The van der Waals surface area contributed by atoms with Gasteiger partial charge in [-0.2, -0.15) is 0 Å². The first-order valence-electron chi connectivity index (χ1n) is 5.46. The van der Waals surface area contributed by atoms with E-state index in [1.54, 1.807) is 12.1 Å². The molecule has 0 bridgehead atoms. The zero-order chi connectivity index (χ0) is 13.2. The molecule has 1 aliphatic rings. The van der Waals surface area contributed by atoms with Gasteiger partial charge in [0, 0.05) is 13.0 Å². The molecule has 0 fully saturated rings. The van der Waals surface area contributed by atoms with Crippen LogP contribution < -0.4 is 9.46 Å². The number of ether oxygens (including phenoxy) is 1. The average molecular weight is 271 g/mol. The first kappa shape index (κ1) is 12.8. The number of rotatable bonds is 5. The summed E-state index contributed by atoms with van der Waals surface area (Å²) in [4.78, 5) is 10.5. The average Bonchev–Trinajstić information content (AvgIpc) is 2.74. The summed E-state index contributed by atoms with van der Waals surface area (Å²) in [6.45, 7) is 0.441. The Bertz CT molecular complexity index is 567. The van der Waals surface area contributed by atoms with E-state index in [0.717, 1.165) is 5.56 Å². The minimum absolute atomic E-state index is 0.120. The Labute approximate surface area is 105 Å². The van der Waals surface area contributed by atoms with Crippen molar-refractivity contribution in [3.63, 3.8) is 0 Å². The fourth-order valence-corrected chi connectivity index (χ4v) is 2.79. The molecule has 1 heterocycles. The van der Waals surface area contributed by atoms with E-state index < -0.39 is 16.0 Å². The molecule has 0 saturated heterocycles. The maximum absolute atomic E-state index is 11.9. The van der Waals surface area contributed by atoms with E-state index in [1.165, 1.54) is 6.07 Å². The van der Waals surface area contributed by atoms with Gasteiger partial charge in [0.15, 0.2) is 0 Å².